The van der Waals surface area contributed by atoms with E-state index in [1.807, 2.05) is 29.1 Å². The van der Waals surface area contributed by atoms with Gasteiger partial charge in [-0.3, -0.25) is 4.68 Å². The number of nitrogens with zero attached hydrogens (tertiary/aromatic N) is 2. The van der Waals surface area contributed by atoms with Crippen LogP contribution in [0.15, 0.2) is 31.0 Å². The van der Waals surface area contributed by atoms with Gasteiger partial charge in [-0.2, -0.15) is 5.10 Å². The summed E-state index contributed by atoms with van der Waals surface area (Å²) in [5.41, 5.74) is 1.90. The van der Waals surface area contributed by atoms with Crippen LogP contribution in [-0.4, -0.2) is 30.6 Å². The van der Waals surface area contributed by atoms with Crippen molar-refractivity contribution < 1.29 is 9.47 Å². The molecule has 0 N–H and O–H groups in total. The van der Waals surface area contributed by atoms with Crippen molar-refractivity contribution in [1.82, 2.24) is 9.78 Å². The molecule has 0 bridgehead atoms. The third kappa shape index (κ3) is 2.47. The summed E-state index contributed by atoms with van der Waals surface area (Å²) in [5, 5.41) is 5.57. The van der Waals surface area contributed by atoms with Crippen LogP contribution in [0.4, 0.5) is 0 Å². The molecule has 2 rings (SSSR count). The zero-order valence-electron chi connectivity index (χ0n) is 10.1. The molecule has 4 heteroatoms. The Morgan fingerprint density at radius 1 is 1.41 bits per heavy atom. The third-order valence-corrected chi connectivity index (χ3v) is 2.65. The van der Waals surface area contributed by atoms with E-state index >= 15 is 0 Å². The van der Waals surface area contributed by atoms with E-state index in [1.54, 1.807) is 14.2 Å². The molecule has 0 saturated heterocycles. The SMILES string of the molecule is C=C(OC)c1ccc2cn(CCOC)nc2c1. The summed E-state index contributed by atoms with van der Waals surface area (Å²) in [7, 11) is 3.30. The highest BCUT2D eigenvalue weighted by Gasteiger charge is 2.04. The lowest BCUT2D eigenvalue weighted by Gasteiger charge is -2.02. The van der Waals surface area contributed by atoms with Crippen molar-refractivity contribution in [2.24, 2.45) is 0 Å². The molecule has 0 aliphatic heterocycles. The van der Waals surface area contributed by atoms with Crippen LogP contribution in [0.25, 0.3) is 16.7 Å². The molecule has 0 amide bonds. The van der Waals surface area contributed by atoms with Gasteiger partial charge in [0.15, 0.2) is 0 Å². The van der Waals surface area contributed by atoms with Gasteiger partial charge in [-0.1, -0.05) is 18.7 Å². The molecular weight excluding hydrogens is 216 g/mol. The van der Waals surface area contributed by atoms with Gasteiger partial charge < -0.3 is 9.47 Å². The minimum atomic E-state index is 0.651. The summed E-state index contributed by atoms with van der Waals surface area (Å²) < 4.78 is 12.0. The molecule has 4 nitrogen and oxygen atoms in total. The summed E-state index contributed by atoms with van der Waals surface area (Å²) >= 11 is 0. The van der Waals surface area contributed by atoms with Crippen LogP contribution < -0.4 is 0 Å². The van der Waals surface area contributed by atoms with E-state index < -0.39 is 0 Å². The van der Waals surface area contributed by atoms with Gasteiger partial charge in [0.1, 0.15) is 5.76 Å². The second kappa shape index (κ2) is 5.01. The van der Waals surface area contributed by atoms with Crippen molar-refractivity contribution in [2.45, 2.75) is 6.54 Å². The lowest BCUT2D eigenvalue weighted by molar-refractivity contribution is 0.184. The molecule has 0 aliphatic carbocycles. The predicted molar refractivity (Wildman–Crippen MR) is 67.7 cm³/mol. The summed E-state index contributed by atoms with van der Waals surface area (Å²) in [6.45, 7) is 5.24. The standard InChI is InChI=1S/C13H16N2O2/c1-10(17-3)11-4-5-12-9-15(6-7-16-2)14-13(12)8-11/h4-5,8-9H,1,6-7H2,2-3H3. The monoisotopic (exact) mass is 232 g/mol. The predicted octanol–water partition coefficient (Wildman–Crippen LogP) is 2.30. The van der Waals surface area contributed by atoms with Crippen molar-refractivity contribution in [2.75, 3.05) is 20.8 Å². The van der Waals surface area contributed by atoms with Crippen molar-refractivity contribution in [1.29, 1.82) is 0 Å². The first-order chi connectivity index (χ1) is 8.24. The molecule has 0 aliphatic rings. The summed E-state index contributed by atoms with van der Waals surface area (Å²) in [6, 6.07) is 5.98. The van der Waals surface area contributed by atoms with Crippen molar-refractivity contribution in [3.8, 4) is 0 Å². The fraction of sp³-hybridized carbons (Fsp3) is 0.308. The van der Waals surface area contributed by atoms with Gasteiger partial charge in [-0.25, -0.2) is 0 Å². The molecule has 1 aromatic carbocycles. The zero-order chi connectivity index (χ0) is 12.3. The molecule has 1 heterocycles. The molecule has 0 spiro atoms. The molecule has 0 fully saturated rings. The number of methoxy groups -OCH3 is 2. The lowest BCUT2D eigenvalue weighted by Crippen LogP contribution is -2.03. The molecule has 0 radical (unpaired) electrons. The van der Waals surface area contributed by atoms with Crippen molar-refractivity contribution in [3.63, 3.8) is 0 Å². The molecule has 0 saturated carbocycles. The highest BCUT2D eigenvalue weighted by Crippen LogP contribution is 2.19. The van der Waals surface area contributed by atoms with E-state index in [1.165, 1.54) is 0 Å². The number of hydrogen-bond acceptors (Lipinski definition) is 3. The highest BCUT2D eigenvalue weighted by molar-refractivity contribution is 5.81. The quantitative estimate of drug-likeness (QED) is 0.742. The molecule has 90 valence electrons. The zero-order valence-corrected chi connectivity index (χ0v) is 10.1. The van der Waals surface area contributed by atoms with Crippen molar-refractivity contribution in [3.05, 3.63) is 36.5 Å². The van der Waals surface area contributed by atoms with Crippen LogP contribution in [0.2, 0.25) is 0 Å². The van der Waals surface area contributed by atoms with E-state index in [0.29, 0.717) is 12.4 Å². The van der Waals surface area contributed by atoms with Crippen LogP contribution >= 0.6 is 0 Å². The number of aromatic nitrogens is 2. The van der Waals surface area contributed by atoms with Gasteiger partial charge in [0, 0.05) is 24.3 Å². The Morgan fingerprint density at radius 2 is 2.24 bits per heavy atom. The van der Waals surface area contributed by atoms with E-state index in [4.69, 9.17) is 9.47 Å². The van der Waals surface area contributed by atoms with E-state index in [0.717, 1.165) is 23.0 Å². The molecule has 1 aromatic heterocycles. The molecule has 17 heavy (non-hydrogen) atoms. The largest absolute Gasteiger partial charge is 0.497 e. The Balaban J connectivity index is 2.31. The van der Waals surface area contributed by atoms with Crippen LogP contribution in [-0.2, 0) is 16.0 Å². The lowest BCUT2D eigenvalue weighted by atomic mass is 10.1. The van der Waals surface area contributed by atoms with Gasteiger partial charge in [0.2, 0.25) is 0 Å². The first kappa shape index (κ1) is 11.7. The van der Waals surface area contributed by atoms with Gasteiger partial charge in [0.05, 0.1) is 25.8 Å². The smallest absolute Gasteiger partial charge is 0.118 e. The van der Waals surface area contributed by atoms with Crippen LogP contribution in [0.3, 0.4) is 0 Å². The minimum absolute atomic E-state index is 0.651. The fourth-order valence-electron chi connectivity index (χ4n) is 1.66. The maximum atomic E-state index is 5.11. The Bertz CT molecular complexity index is 531. The van der Waals surface area contributed by atoms with Crippen LogP contribution in [0.1, 0.15) is 5.56 Å². The van der Waals surface area contributed by atoms with E-state index in [9.17, 15) is 0 Å². The summed E-state index contributed by atoms with van der Waals surface area (Å²) in [5.74, 6) is 0.651. The van der Waals surface area contributed by atoms with Crippen LogP contribution in [0, 0.1) is 0 Å². The Hall–Kier alpha value is -1.81. The van der Waals surface area contributed by atoms with Crippen LogP contribution in [0.5, 0.6) is 0 Å². The number of benzene rings is 1. The van der Waals surface area contributed by atoms with Gasteiger partial charge in [-0.15, -0.1) is 0 Å². The Kier molecular flexibility index (Phi) is 3.44. The number of ether oxygens (including phenoxy) is 2. The molecular formula is C13H16N2O2. The second-order valence-corrected chi connectivity index (χ2v) is 3.79. The average molecular weight is 232 g/mol. The molecule has 0 atom stereocenters. The maximum Gasteiger partial charge on any atom is 0.118 e. The Labute approximate surface area is 100 Å². The van der Waals surface area contributed by atoms with Crippen molar-refractivity contribution >= 4 is 16.7 Å². The number of hydrogen-bond donors (Lipinski definition) is 0. The first-order valence-corrected chi connectivity index (χ1v) is 5.44. The molecule has 0 unspecified atom stereocenters. The topological polar surface area (TPSA) is 36.3 Å². The normalized spacial score (nSPS) is 10.7. The fourth-order valence-corrected chi connectivity index (χ4v) is 1.66. The van der Waals surface area contributed by atoms with Gasteiger partial charge in [-0.05, 0) is 6.07 Å². The van der Waals surface area contributed by atoms with Gasteiger partial charge >= 0.3 is 0 Å². The maximum absolute atomic E-state index is 5.11. The highest BCUT2D eigenvalue weighted by atomic mass is 16.5. The second-order valence-electron chi connectivity index (χ2n) is 3.79. The average Bonchev–Trinajstić information content (AvgIpc) is 2.76. The number of fused-ring (bicyclic) bond motifs is 1. The van der Waals surface area contributed by atoms with E-state index in [2.05, 4.69) is 11.7 Å². The first-order valence-electron chi connectivity index (χ1n) is 5.44. The molecule has 2 aromatic rings. The van der Waals surface area contributed by atoms with Gasteiger partial charge in [0.25, 0.3) is 0 Å². The summed E-state index contributed by atoms with van der Waals surface area (Å²) in [6.07, 6.45) is 2.01. The van der Waals surface area contributed by atoms with E-state index in [-0.39, 0.29) is 0 Å². The minimum Gasteiger partial charge on any atom is -0.497 e. The summed E-state index contributed by atoms with van der Waals surface area (Å²) in [4.78, 5) is 0. The third-order valence-electron chi connectivity index (χ3n) is 2.65. The Morgan fingerprint density at radius 3 is 2.94 bits per heavy atom. The number of rotatable bonds is 5.